The van der Waals surface area contributed by atoms with Crippen LogP contribution in [0.5, 0.6) is 0 Å². The van der Waals surface area contributed by atoms with E-state index in [0.717, 1.165) is 19.1 Å². The number of hydrogen-bond donors (Lipinski definition) is 1. The van der Waals surface area contributed by atoms with Gasteiger partial charge in [0.15, 0.2) is 0 Å². The zero-order valence-corrected chi connectivity index (χ0v) is 8.59. The normalized spacial score (nSPS) is 21.1. The fraction of sp³-hybridized carbons (Fsp3) is 1.00. The Hall–Kier alpha value is -0.130. The van der Waals surface area contributed by atoms with Crippen molar-refractivity contribution in [2.45, 2.75) is 31.8 Å². The smallest absolute Gasteiger partial charge is 0.264 e. The molecular weight excluding hydrogens is 192 g/mol. The minimum Gasteiger partial charge on any atom is -0.393 e. The molecule has 0 aliphatic heterocycles. The lowest BCUT2D eigenvalue weighted by molar-refractivity contribution is 0.0454. The first-order chi connectivity index (χ1) is 5.99. The standard InChI is InChI=1S/C8H16O4S/c1-13(10,11)12-6-5-8(9)7-3-2-4-7/h7-9H,2-6H2,1H3. The topological polar surface area (TPSA) is 63.6 Å². The van der Waals surface area contributed by atoms with Gasteiger partial charge in [-0.05, 0) is 25.2 Å². The molecule has 1 N–H and O–H groups in total. The molecule has 0 heterocycles. The summed E-state index contributed by atoms with van der Waals surface area (Å²) in [5.41, 5.74) is 0. The minimum absolute atomic E-state index is 0.0938. The molecule has 0 saturated heterocycles. The number of aliphatic hydroxyl groups excluding tert-OH is 1. The van der Waals surface area contributed by atoms with Crippen molar-refractivity contribution in [3.63, 3.8) is 0 Å². The zero-order valence-electron chi connectivity index (χ0n) is 7.77. The molecule has 0 aromatic heterocycles. The number of hydrogen-bond acceptors (Lipinski definition) is 4. The average molecular weight is 208 g/mol. The predicted octanol–water partition coefficient (Wildman–Crippen LogP) is 0.514. The molecule has 5 heteroatoms. The van der Waals surface area contributed by atoms with Crippen molar-refractivity contribution >= 4 is 10.1 Å². The maximum atomic E-state index is 10.6. The first-order valence-electron chi connectivity index (χ1n) is 4.51. The summed E-state index contributed by atoms with van der Waals surface area (Å²) >= 11 is 0. The summed E-state index contributed by atoms with van der Waals surface area (Å²) in [5, 5.41) is 9.49. The largest absolute Gasteiger partial charge is 0.393 e. The molecule has 78 valence electrons. The average Bonchev–Trinajstić information content (AvgIpc) is 1.79. The quantitative estimate of drug-likeness (QED) is 0.669. The van der Waals surface area contributed by atoms with Gasteiger partial charge in [0.2, 0.25) is 0 Å². The Labute approximate surface area is 79.0 Å². The molecule has 4 nitrogen and oxygen atoms in total. The third-order valence-corrected chi connectivity index (χ3v) is 3.00. The van der Waals surface area contributed by atoms with E-state index in [1.54, 1.807) is 0 Å². The highest BCUT2D eigenvalue weighted by molar-refractivity contribution is 7.85. The van der Waals surface area contributed by atoms with Gasteiger partial charge in [0, 0.05) is 0 Å². The molecule has 1 fully saturated rings. The van der Waals surface area contributed by atoms with Crippen LogP contribution in [0.3, 0.4) is 0 Å². The van der Waals surface area contributed by atoms with Crippen LogP contribution in [-0.4, -0.2) is 32.5 Å². The maximum absolute atomic E-state index is 10.6. The van der Waals surface area contributed by atoms with E-state index in [4.69, 9.17) is 0 Å². The van der Waals surface area contributed by atoms with Crippen molar-refractivity contribution in [1.82, 2.24) is 0 Å². The highest BCUT2D eigenvalue weighted by Crippen LogP contribution is 2.30. The highest BCUT2D eigenvalue weighted by Gasteiger charge is 2.25. The molecule has 1 rings (SSSR count). The lowest BCUT2D eigenvalue weighted by Crippen LogP contribution is -2.28. The van der Waals surface area contributed by atoms with Gasteiger partial charge >= 0.3 is 0 Å². The third kappa shape index (κ3) is 4.06. The van der Waals surface area contributed by atoms with Crippen LogP contribution in [0.15, 0.2) is 0 Å². The second-order valence-electron chi connectivity index (χ2n) is 3.57. The lowest BCUT2D eigenvalue weighted by atomic mass is 9.80. The fourth-order valence-corrected chi connectivity index (χ4v) is 1.78. The molecule has 0 radical (unpaired) electrons. The summed E-state index contributed by atoms with van der Waals surface area (Å²) in [5.74, 6) is 0.364. The van der Waals surface area contributed by atoms with Gasteiger partial charge in [-0.2, -0.15) is 8.42 Å². The van der Waals surface area contributed by atoms with Crippen LogP contribution in [0.1, 0.15) is 25.7 Å². The zero-order chi connectivity index (χ0) is 9.90. The number of aliphatic hydroxyl groups is 1. The molecule has 1 aliphatic rings. The van der Waals surface area contributed by atoms with Crippen molar-refractivity contribution < 1.29 is 17.7 Å². The van der Waals surface area contributed by atoms with Gasteiger partial charge in [0.25, 0.3) is 10.1 Å². The van der Waals surface area contributed by atoms with E-state index in [0.29, 0.717) is 12.3 Å². The summed E-state index contributed by atoms with van der Waals surface area (Å²) in [6.07, 6.45) is 4.32. The molecule has 1 saturated carbocycles. The molecule has 0 bridgehead atoms. The van der Waals surface area contributed by atoms with Gasteiger partial charge in [-0.1, -0.05) is 6.42 Å². The third-order valence-electron chi connectivity index (χ3n) is 2.41. The monoisotopic (exact) mass is 208 g/mol. The fourth-order valence-electron chi connectivity index (χ4n) is 1.38. The summed E-state index contributed by atoms with van der Waals surface area (Å²) in [7, 11) is -3.35. The molecule has 13 heavy (non-hydrogen) atoms. The summed E-state index contributed by atoms with van der Waals surface area (Å²) < 4.78 is 25.7. The molecule has 0 spiro atoms. The number of rotatable bonds is 5. The van der Waals surface area contributed by atoms with Gasteiger partial charge in [-0.3, -0.25) is 4.18 Å². The van der Waals surface area contributed by atoms with Crippen LogP contribution >= 0.6 is 0 Å². The van der Waals surface area contributed by atoms with Crippen molar-refractivity contribution in [3.05, 3.63) is 0 Å². The molecular formula is C8H16O4S. The van der Waals surface area contributed by atoms with Crippen molar-refractivity contribution in [1.29, 1.82) is 0 Å². The Balaban J connectivity index is 2.11. The van der Waals surface area contributed by atoms with Crippen molar-refractivity contribution in [2.24, 2.45) is 5.92 Å². The first kappa shape index (κ1) is 10.9. The van der Waals surface area contributed by atoms with Crippen LogP contribution in [0.2, 0.25) is 0 Å². The van der Waals surface area contributed by atoms with E-state index in [2.05, 4.69) is 4.18 Å². The Bertz CT molecular complexity index is 243. The summed E-state index contributed by atoms with van der Waals surface area (Å²) in [4.78, 5) is 0. The van der Waals surface area contributed by atoms with Gasteiger partial charge in [0.05, 0.1) is 19.0 Å². The SMILES string of the molecule is CS(=O)(=O)OCCC(O)C1CCC1. The molecule has 1 atom stereocenters. The van der Waals surface area contributed by atoms with Crippen LogP contribution in [0.4, 0.5) is 0 Å². The van der Waals surface area contributed by atoms with Gasteiger partial charge in [-0.25, -0.2) is 0 Å². The Morgan fingerprint density at radius 2 is 2.15 bits per heavy atom. The predicted molar refractivity (Wildman–Crippen MR) is 48.8 cm³/mol. The van der Waals surface area contributed by atoms with Crippen molar-refractivity contribution in [2.75, 3.05) is 12.9 Å². The van der Waals surface area contributed by atoms with Crippen LogP contribution in [0.25, 0.3) is 0 Å². The molecule has 0 aromatic rings. The summed E-state index contributed by atoms with van der Waals surface area (Å²) in [6.45, 7) is 0.0938. The van der Waals surface area contributed by atoms with E-state index in [9.17, 15) is 13.5 Å². The first-order valence-corrected chi connectivity index (χ1v) is 6.33. The van der Waals surface area contributed by atoms with Crippen LogP contribution in [-0.2, 0) is 14.3 Å². The van der Waals surface area contributed by atoms with Gasteiger partial charge in [0.1, 0.15) is 0 Å². The Morgan fingerprint density at radius 1 is 1.54 bits per heavy atom. The second kappa shape index (κ2) is 4.39. The Morgan fingerprint density at radius 3 is 2.54 bits per heavy atom. The highest BCUT2D eigenvalue weighted by atomic mass is 32.2. The molecule has 0 amide bonds. The van der Waals surface area contributed by atoms with E-state index in [-0.39, 0.29) is 6.61 Å². The molecule has 0 aromatic carbocycles. The van der Waals surface area contributed by atoms with E-state index >= 15 is 0 Å². The lowest BCUT2D eigenvalue weighted by Gasteiger charge is -2.29. The van der Waals surface area contributed by atoms with Gasteiger partial charge in [-0.15, -0.1) is 0 Å². The van der Waals surface area contributed by atoms with E-state index in [1.165, 1.54) is 6.42 Å². The molecule has 1 unspecified atom stereocenters. The minimum atomic E-state index is -3.35. The maximum Gasteiger partial charge on any atom is 0.264 e. The van der Waals surface area contributed by atoms with Gasteiger partial charge < -0.3 is 5.11 Å². The van der Waals surface area contributed by atoms with E-state index in [1.807, 2.05) is 0 Å². The molecule has 1 aliphatic carbocycles. The van der Waals surface area contributed by atoms with E-state index < -0.39 is 16.2 Å². The van der Waals surface area contributed by atoms with Crippen LogP contribution in [0, 0.1) is 5.92 Å². The second-order valence-corrected chi connectivity index (χ2v) is 5.22. The van der Waals surface area contributed by atoms with Crippen molar-refractivity contribution in [3.8, 4) is 0 Å². The van der Waals surface area contributed by atoms with Crippen LogP contribution < -0.4 is 0 Å². The summed E-state index contributed by atoms with van der Waals surface area (Å²) in [6, 6.07) is 0. The Kier molecular flexibility index (Phi) is 3.70.